The number of amides is 3. The molecule has 0 radical (unpaired) electrons. The van der Waals surface area contributed by atoms with Crippen LogP contribution in [0.25, 0.3) is 0 Å². The molecule has 3 amide bonds. The number of hydrogen-bond acceptors (Lipinski definition) is 11. The van der Waals surface area contributed by atoms with Gasteiger partial charge >= 0.3 is 24.0 Å². The Morgan fingerprint density at radius 1 is 1.02 bits per heavy atom. The number of carbonyl (C=O) groups excluding carboxylic acids is 5. The molecule has 2 heterocycles. The van der Waals surface area contributed by atoms with Crippen molar-refractivity contribution in [2.45, 2.75) is 83.7 Å². The van der Waals surface area contributed by atoms with Crippen LogP contribution in [0.4, 0.5) is 10.5 Å². The number of ether oxygens (including phenoxy) is 3. The molecule has 2 aliphatic heterocycles. The van der Waals surface area contributed by atoms with Gasteiger partial charge in [-0.05, 0) is 59.2 Å². The maximum absolute atomic E-state index is 13.2. The van der Waals surface area contributed by atoms with Crippen LogP contribution < -0.4 is 16.0 Å². The quantitative estimate of drug-likeness (QED) is 0.127. The van der Waals surface area contributed by atoms with Crippen LogP contribution in [0.2, 0.25) is 0 Å². The number of thioether (sulfide) groups is 1. The second-order valence-corrected chi connectivity index (χ2v) is 13.2. The fraction of sp³-hybridized carbons (Fsp3) is 0.517. The van der Waals surface area contributed by atoms with Crippen LogP contribution in [-0.4, -0.2) is 87.0 Å². The van der Waals surface area contributed by atoms with Crippen molar-refractivity contribution in [2.75, 3.05) is 17.7 Å². The second-order valence-electron chi connectivity index (χ2n) is 12.1. The summed E-state index contributed by atoms with van der Waals surface area (Å²) in [6, 6.07) is 5.42. The Hall–Kier alpha value is -4.27. The topological polar surface area (TPSA) is 190 Å². The van der Waals surface area contributed by atoms with Crippen molar-refractivity contribution in [2.24, 2.45) is 0 Å². The zero-order chi connectivity index (χ0) is 33.0. The molecule has 1 aromatic rings. The van der Waals surface area contributed by atoms with Gasteiger partial charge in [0.15, 0.2) is 0 Å². The minimum Gasteiger partial charge on any atom is -0.478 e. The normalized spacial score (nSPS) is 18.7. The lowest BCUT2D eigenvalue weighted by Gasteiger charge is -2.49. The highest BCUT2D eigenvalue weighted by atomic mass is 32.2. The van der Waals surface area contributed by atoms with Crippen molar-refractivity contribution in [3.8, 4) is 0 Å². The van der Waals surface area contributed by atoms with E-state index in [1.54, 1.807) is 65.8 Å². The lowest BCUT2D eigenvalue weighted by Crippen LogP contribution is -2.71. The number of carboxylic acid groups (broad SMARTS) is 1. The number of nitrogens with one attached hydrogen (secondary N) is 3. The Labute approximate surface area is 259 Å². The fourth-order valence-electron chi connectivity index (χ4n) is 4.18. The SMILES string of the molecule is CC(=O)OCC1=C(C(=O)OC(C)(C)C)N2C(=O)[C@@H](NC(=O)Cc3ccc(NC(NC(=O)OC(C)(C)C)C(=O)O)cc3)[C@H]2SC1. The number of anilines is 1. The summed E-state index contributed by atoms with van der Waals surface area (Å²) in [7, 11) is 0. The van der Waals surface area contributed by atoms with Crippen molar-refractivity contribution in [1.82, 2.24) is 15.5 Å². The number of esters is 2. The van der Waals surface area contributed by atoms with Gasteiger partial charge in [-0.25, -0.2) is 14.4 Å². The van der Waals surface area contributed by atoms with Crippen molar-refractivity contribution in [1.29, 1.82) is 0 Å². The van der Waals surface area contributed by atoms with Gasteiger partial charge in [0.2, 0.25) is 12.1 Å². The summed E-state index contributed by atoms with van der Waals surface area (Å²) in [6.45, 7) is 11.1. The van der Waals surface area contributed by atoms with Gasteiger partial charge in [0.05, 0.1) is 6.42 Å². The van der Waals surface area contributed by atoms with Gasteiger partial charge in [-0.2, -0.15) is 0 Å². The Kier molecular flexibility index (Phi) is 10.6. The number of alkyl carbamates (subject to hydrolysis) is 1. The molecule has 44 heavy (non-hydrogen) atoms. The maximum atomic E-state index is 13.2. The van der Waals surface area contributed by atoms with Gasteiger partial charge in [0.25, 0.3) is 5.91 Å². The van der Waals surface area contributed by atoms with E-state index >= 15 is 0 Å². The maximum Gasteiger partial charge on any atom is 0.409 e. The number of hydrogen-bond donors (Lipinski definition) is 4. The van der Waals surface area contributed by atoms with E-state index in [1.165, 1.54) is 23.6 Å². The molecule has 240 valence electrons. The van der Waals surface area contributed by atoms with Gasteiger partial charge in [0.1, 0.15) is 34.9 Å². The van der Waals surface area contributed by atoms with E-state index in [-0.39, 0.29) is 24.5 Å². The van der Waals surface area contributed by atoms with Crippen LogP contribution in [0.3, 0.4) is 0 Å². The van der Waals surface area contributed by atoms with E-state index in [1.807, 2.05) is 0 Å². The predicted molar refractivity (Wildman–Crippen MR) is 159 cm³/mol. The Morgan fingerprint density at radius 2 is 1.64 bits per heavy atom. The molecule has 15 heteroatoms. The third-order valence-electron chi connectivity index (χ3n) is 5.94. The van der Waals surface area contributed by atoms with E-state index < -0.39 is 64.6 Å². The largest absolute Gasteiger partial charge is 0.478 e. The molecule has 0 spiro atoms. The summed E-state index contributed by atoms with van der Waals surface area (Å²) >= 11 is 1.33. The zero-order valence-electron chi connectivity index (χ0n) is 25.6. The molecule has 1 fully saturated rings. The lowest BCUT2D eigenvalue weighted by atomic mass is 10.0. The molecule has 1 unspecified atom stereocenters. The van der Waals surface area contributed by atoms with Crippen LogP contribution in [0.5, 0.6) is 0 Å². The molecule has 4 N–H and O–H groups in total. The van der Waals surface area contributed by atoms with E-state index in [0.717, 1.165) is 0 Å². The summed E-state index contributed by atoms with van der Waals surface area (Å²) in [6.07, 6.45) is -2.44. The van der Waals surface area contributed by atoms with Crippen LogP contribution in [-0.2, 0) is 44.6 Å². The first kappa shape index (κ1) is 34.2. The van der Waals surface area contributed by atoms with Gasteiger partial charge < -0.3 is 30.0 Å². The van der Waals surface area contributed by atoms with E-state index in [9.17, 15) is 33.9 Å². The summed E-state index contributed by atoms with van der Waals surface area (Å²) in [5.74, 6) is -3.22. The first-order valence-corrected chi connectivity index (χ1v) is 14.8. The van der Waals surface area contributed by atoms with Crippen molar-refractivity contribution in [3.05, 3.63) is 41.1 Å². The van der Waals surface area contributed by atoms with Crippen LogP contribution in [0.1, 0.15) is 54.0 Å². The Bertz CT molecular complexity index is 1350. The summed E-state index contributed by atoms with van der Waals surface area (Å²) in [4.78, 5) is 75.3. The van der Waals surface area contributed by atoms with Crippen LogP contribution >= 0.6 is 11.8 Å². The molecule has 0 saturated carbocycles. The van der Waals surface area contributed by atoms with E-state index in [2.05, 4.69) is 16.0 Å². The van der Waals surface area contributed by atoms with Crippen molar-refractivity contribution >= 4 is 53.3 Å². The number of aliphatic carboxylic acids is 1. The highest BCUT2D eigenvalue weighted by Gasteiger charge is 2.54. The first-order valence-electron chi connectivity index (χ1n) is 13.7. The number of nitrogens with zero attached hydrogens (tertiary/aromatic N) is 1. The standard InChI is InChI=1S/C29H38N4O10S/c1-15(34)41-13-17-14-44-24-20(23(36)33(24)21(17)26(39)42-28(2,3)4)31-19(35)12-16-8-10-18(11-9-16)30-22(25(37)38)32-27(40)43-29(5,6)7/h8-11,20,22,24,30H,12-14H2,1-7H3,(H,31,35)(H,32,40)(H,37,38)/t20-,22?,24-/m1/s1. The highest BCUT2D eigenvalue weighted by Crippen LogP contribution is 2.41. The predicted octanol–water partition coefficient (Wildman–Crippen LogP) is 2.14. The number of rotatable bonds is 10. The molecule has 14 nitrogen and oxygen atoms in total. The van der Waals surface area contributed by atoms with E-state index in [4.69, 9.17) is 14.2 Å². The number of carbonyl (C=O) groups is 6. The average molecular weight is 635 g/mol. The minimum atomic E-state index is -1.46. The molecule has 0 aromatic heterocycles. The molecule has 2 aliphatic rings. The number of β-lactam (4-membered cyclic amide) rings is 1. The molecule has 0 aliphatic carbocycles. The molecule has 0 bridgehead atoms. The monoisotopic (exact) mass is 634 g/mol. The Morgan fingerprint density at radius 3 is 2.18 bits per heavy atom. The lowest BCUT2D eigenvalue weighted by molar-refractivity contribution is -0.159. The van der Waals surface area contributed by atoms with E-state index in [0.29, 0.717) is 16.8 Å². The zero-order valence-corrected chi connectivity index (χ0v) is 26.5. The van der Waals surface area contributed by atoms with Crippen molar-refractivity contribution in [3.63, 3.8) is 0 Å². The van der Waals surface area contributed by atoms with Crippen LogP contribution in [0.15, 0.2) is 35.5 Å². The first-order chi connectivity index (χ1) is 20.3. The van der Waals surface area contributed by atoms with Crippen molar-refractivity contribution < 1.29 is 48.1 Å². The van der Waals surface area contributed by atoms with Gasteiger partial charge in [-0.15, -0.1) is 11.8 Å². The Balaban J connectivity index is 1.62. The fourth-order valence-corrected chi connectivity index (χ4v) is 5.51. The molecular formula is C29H38N4O10S. The smallest absolute Gasteiger partial charge is 0.409 e. The highest BCUT2D eigenvalue weighted by molar-refractivity contribution is 8.00. The third-order valence-corrected chi connectivity index (χ3v) is 7.28. The molecule has 1 saturated heterocycles. The number of carboxylic acids is 1. The summed E-state index contributed by atoms with van der Waals surface area (Å²) in [5, 5.41) is 16.6. The summed E-state index contributed by atoms with van der Waals surface area (Å²) < 4.78 is 15.7. The third kappa shape index (κ3) is 9.36. The molecule has 3 rings (SSSR count). The van der Waals surface area contributed by atoms with Crippen LogP contribution in [0, 0.1) is 0 Å². The molecule has 3 atom stereocenters. The van der Waals surface area contributed by atoms with Gasteiger partial charge in [-0.1, -0.05) is 12.1 Å². The number of benzene rings is 1. The molecular weight excluding hydrogens is 596 g/mol. The van der Waals surface area contributed by atoms with Gasteiger partial charge in [0, 0.05) is 23.9 Å². The summed E-state index contributed by atoms with van der Waals surface area (Å²) in [5.41, 5.74) is -0.228. The second kappa shape index (κ2) is 13.6. The number of fused-ring (bicyclic) bond motifs is 1. The average Bonchev–Trinajstić information content (AvgIpc) is 2.88. The molecule has 1 aromatic carbocycles. The minimum absolute atomic E-state index is 0.0179. The van der Waals surface area contributed by atoms with Gasteiger partial charge in [-0.3, -0.25) is 24.6 Å².